The van der Waals surface area contributed by atoms with E-state index in [0.717, 1.165) is 50.1 Å². The van der Waals surface area contributed by atoms with Crippen LogP contribution in [0.5, 0.6) is 0 Å². The maximum absolute atomic E-state index is 6.99. The smallest absolute Gasteiger partial charge is 0.156 e. The molecule has 274 valence electrons. The largest absolute Gasteiger partial charge is 0.482 e. The number of ether oxygens (including phenoxy) is 1. The summed E-state index contributed by atoms with van der Waals surface area (Å²) in [5.74, 6) is 1.10. The molecule has 4 heterocycles. The standard InChI is InChI=1S/C51H38N4O2/c1-2-13-31(14-3-1)32-15-10-16-33(29-32)49-52-50(34-27-28-38-37-19-6-9-25-44(37)56-46(38)30-34)54-51(53-49)40-21-12-26-45-47(40)39-20-11-24-43(48(39)57-45)55-41-22-7-4-17-35(41)36-18-5-8-23-42(36)55/h1-10,12-19,21-30,35,41,45,47,49-54H. The summed E-state index contributed by atoms with van der Waals surface area (Å²) in [5, 5.41) is 14.1. The van der Waals surface area contributed by atoms with Crippen LogP contribution in [0.25, 0.3) is 33.1 Å². The average Bonchev–Trinajstić information content (AvgIpc) is 3.96. The number of benzene rings is 5. The van der Waals surface area contributed by atoms with Crippen molar-refractivity contribution in [1.82, 2.24) is 16.0 Å². The number of nitrogens with one attached hydrogen (secondary N) is 3. The molecule has 6 heteroatoms. The molecule has 3 aliphatic carbocycles. The van der Waals surface area contributed by atoms with Crippen LogP contribution in [-0.2, 0) is 4.74 Å². The molecule has 5 aromatic carbocycles. The van der Waals surface area contributed by atoms with E-state index in [1.54, 1.807) is 0 Å². The van der Waals surface area contributed by atoms with Gasteiger partial charge in [0.05, 0.1) is 41.7 Å². The molecular weight excluding hydrogens is 701 g/mol. The highest BCUT2D eigenvalue weighted by Crippen LogP contribution is 2.51. The van der Waals surface area contributed by atoms with Gasteiger partial charge in [0.15, 0.2) is 5.76 Å². The van der Waals surface area contributed by atoms with E-state index in [2.05, 4.69) is 190 Å². The Hall–Kier alpha value is -6.62. The molecule has 2 saturated heterocycles. The highest BCUT2D eigenvalue weighted by Gasteiger charge is 2.47. The van der Waals surface area contributed by atoms with E-state index in [4.69, 9.17) is 9.15 Å². The first-order valence-corrected chi connectivity index (χ1v) is 19.8. The number of allylic oxidation sites excluding steroid dienone is 6. The van der Waals surface area contributed by atoms with Crippen LogP contribution in [0.4, 0.5) is 5.69 Å². The Balaban J connectivity index is 0.932. The quantitative estimate of drug-likeness (QED) is 0.153. The Kier molecular flexibility index (Phi) is 7.42. The lowest BCUT2D eigenvalue weighted by Gasteiger charge is -2.42. The lowest BCUT2D eigenvalue weighted by Crippen LogP contribution is -2.60. The third-order valence-electron chi connectivity index (χ3n) is 12.4. The molecule has 0 radical (unpaired) electrons. The first-order valence-electron chi connectivity index (χ1n) is 19.8. The fraction of sp³-hybridized carbons (Fsp3) is 0.137. The van der Waals surface area contributed by atoms with Crippen molar-refractivity contribution in [2.45, 2.75) is 36.6 Å². The molecule has 0 amide bonds. The van der Waals surface area contributed by atoms with Crippen molar-refractivity contribution in [2.24, 2.45) is 5.92 Å². The van der Waals surface area contributed by atoms with E-state index in [1.165, 1.54) is 28.0 Å². The Bertz CT molecular complexity index is 2900. The minimum Gasteiger partial charge on any atom is -0.482 e. The monoisotopic (exact) mass is 738 g/mol. The zero-order valence-electron chi connectivity index (χ0n) is 31.0. The fourth-order valence-electron chi connectivity index (χ4n) is 9.74. The molecule has 7 atom stereocenters. The predicted octanol–water partition coefficient (Wildman–Crippen LogP) is 10.1. The van der Waals surface area contributed by atoms with Gasteiger partial charge < -0.3 is 14.1 Å². The molecule has 2 fully saturated rings. The zero-order valence-corrected chi connectivity index (χ0v) is 31.0. The molecule has 6 aromatic rings. The van der Waals surface area contributed by atoms with Gasteiger partial charge in [-0.1, -0.05) is 145 Å². The second kappa shape index (κ2) is 13.0. The summed E-state index contributed by atoms with van der Waals surface area (Å²) in [7, 11) is 0. The van der Waals surface area contributed by atoms with Crippen LogP contribution in [0.2, 0.25) is 0 Å². The molecule has 12 rings (SSSR count). The van der Waals surface area contributed by atoms with Crippen molar-refractivity contribution in [1.29, 1.82) is 0 Å². The Morgan fingerprint density at radius 1 is 0.614 bits per heavy atom. The minimum absolute atomic E-state index is 0.0606. The SMILES string of the molecule is C1=C=C2C(=C(N3c4ccccc4C4C=CC=CC43)C=1)OC1C=CC=C(C3NC(c4cccc(-c5ccccc5)c4)NC(c4ccc5c(c4)oc4ccccc45)N3)C21. The molecule has 7 unspecified atom stereocenters. The summed E-state index contributed by atoms with van der Waals surface area (Å²) in [6.45, 7) is 0. The lowest BCUT2D eigenvalue weighted by atomic mass is 9.81. The molecule has 0 saturated carbocycles. The average molecular weight is 739 g/mol. The summed E-state index contributed by atoms with van der Waals surface area (Å²) >= 11 is 0. The van der Waals surface area contributed by atoms with Gasteiger partial charge >= 0.3 is 0 Å². The molecule has 0 bridgehead atoms. The van der Waals surface area contributed by atoms with Gasteiger partial charge in [-0.15, -0.1) is 0 Å². The second-order valence-electron chi connectivity index (χ2n) is 15.5. The number of hydrogen-bond acceptors (Lipinski definition) is 6. The first-order chi connectivity index (χ1) is 28.2. The third kappa shape index (κ3) is 5.24. The van der Waals surface area contributed by atoms with Crippen molar-refractivity contribution in [3.63, 3.8) is 0 Å². The van der Waals surface area contributed by atoms with E-state index in [1.807, 2.05) is 12.1 Å². The van der Waals surface area contributed by atoms with Gasteiger partial charge in [-0.2, -0.15) is 0 Å². The number of fused-ring (bicyclic) bond motifs is 9. The maximum Gasteiger partial charge on any atom is 0.156 e. The van der Waals surface area contributed by atoms with Gasteiger partial charge in [0.25, 0.3) is 0 Å². The molecule has 3 N–H and O–H groups in total. The summed E-state index contributed by atoms with van der Waals surface area (Å²) in [6.07, 6.45) is 16.8. The molecule has 6 aliphatic rings. The Morgan fingerprint density at radius 2 is 1.39 bits per heavy atom. The lowest BCUT2D eigenvalue weighted by molar-refractivity contribution is 0.165. The summed E-state index contributed by atoms with van der Waals surface area (Å²) in [5.41, 5.74) is 19.2. The molecule has 6 nitrogen and oxygen atoms in total. The highest BCUT2D eigenvalue weighted by atomic mass is 16.5. The summed E-state index contributed by atoms with van der Waals surface area (Å²) < 4.78 is 13.4. The summed E-state index contributed by atoms with van der Waals surface area (Å²) in [6, 6.07) is 43.1. The molecule has 1 aromatic heterocycles. The minimum atomic E-state index is -0.208. The fourth-order valence-corrected chi connectivity index (χ4v) is 9.74. The van der Waals surface area contributed by atoms with Crippen LogP contribution >= 0.6 is 0 Å². The van der Waals surface area contributed by atoms with Gasteiger partial charge in [-0.25, -0.2) is 0 Å². The van der Waals surface area contributed by atoms with Crippen LogP contribution in [0.3, 0.4) is 0 Å². The number of hydrogen-bond donors (Lipinski definition) is 3. The van der Waals surface area contributed by atoms with Gasteiger partial charge in [-0.05, 0) is 63.7 Å². The van der Waals surface area contributed by atoms with Crippen LogP contribution in [0.15, 0.2) is 208 Å². The van der Waals surface area contributed by atoms with Crippen LogP contribution in [0.1, 0.15) is 34.9 Å². The first kappa shape index (κ1) is 32.6. The number of rotatable bonds is 5. The molecule has 57 heavy (non-hydrogen) atoms. The van der Waals surface area contributed by atoms with Gasteiger partial charge in [-0.3, -0.25) is 16.0 Å². The predicted molar refractivity (Wildman–Crippen MR) is 226 cm³/mol. The van der Waals surface area contributed by atoms with Crippen molar-refractivity contribution in [3.05, 3.63) is 221 Å². The molecule has 0 spiro atoms. The topological polar surface area (TPSA) is 61.7 Å². The number of anilines is 1. The van der Waals surface area contributed by atoms with Crippen LogP contribution in [-0.4, -0.2) is 18.3 Å². The van der Waals surface area contributed by atoms with Crippen molar-refractivity contribution >= 4 is 27.6 Å². The van der Waals surface area contributed by atoms with E-state index in [-0.39, 0.29) is 42.5 Å². The van der Waals surface area contributed by atoms with Gasteiger partial charge in [0.2, 0.25) is 0 Å². The Morgan fingerprint density at radius 3 is 2.32 bits per heavy atom. The third-order valence-corrected chi connectivity index (χ3v) is 12.4. The normalized spacial score (nSPS) is 26.6. The Labute approximate surface area is 330 Å². The summed E-state index contributed by atoms with van der Waals surface area (Å²) in [4.78, 5) is 2.44. The van der Waals surface area contributed by atoms with Crippen molar-refractivity contribution in [2.75, 3.05) is 4.90 Å². The van der Waals surface area contributed by atoms with Gasteiger partial charge in [0, 0.05) is 28.5 Å². The van der Waals surface area contributed by atoms with Gasteiger partial charge in [0.1, 0.15) is 17.3 Å². The second-order valence-corrected chi connectivity index (χ2v) is 15.5. The number of nitrogens with zero attached hydrogens (tertiary/aromatic N) is 1. The zero-order chi connectivity index (χ0) is 37.5. The maximum atomic E-state index is 6.99. The van der Waals surface area contributed by atoms with Crippen molar-refractivity contribution < 1.29 is 9.15 Å². The van der Waals surface area contributed by atoms with E-state index in [9.17, 15) is 0 Å². The van der Waals surface area contributed by atoms with Crippen molar-refractivity contribution in [3.8, 4) is 11.1 Å². The van der Waals surface area contributed by atoms with E-state index < -0.39 is 0 Å². The number of para-hydroxylation sites is 2. The highest BCUT2D eigenvalue weighted by molar-refractivity contribution is 6.04. The molecular formula is C51H38N4O2. The van der Waals surface area contributed by atoms with Crippen LogP contribution < -0.4 is 20.9 Å². The van der Waals surface area contributed by atoms with E-state index >= 15 is 0 Å². The van der Waals surface area contributed by atoms with E-state index in [0.29, 0.717) is 0 Å². The number of furan rings is 1. The van der Waals surface area contributed by atoms with Crippen LogP contribution in [0, 0.1) is 5.92 Å². The molecule has 3 aliphatic heterocycles.